The van der Waals surface area contributed by atoms with E-state index < -0.39 is 24.3 Å². The highest BCUT2D eigenvalue weighted by Crippen LogP contribution is 2.44. The number of amides is 2. The van der Waals surface area contributed by atoms with Gasteiger partial charge in [0.15, 0.2) is 0 Å². The third-order valence-corrected chi connectivity index (χ3v) is 9.69. The largest absolute Gasteiger partial charge is 0.480 e. The molecule has 0 radical (unpaired) electrons. The van der Waals surface area contributed by atoms with Crippen LogP contribution < -0.4 is 0 Å². The minimum absolute atomic E-state index is 0.163. The molecular weight excluding hydrogens is 598 g/mol. The maximum atomic E-state index is 14.2. The van der Waals surface area contributed by atoms with Gasteiger partial charge in [0.2, 0.25) is 0 Å². The molecule has 11 nitrogen and oxygen atoms in total. The summed E-state index contributed by atoms with van der Waals surface area (Å²) >= 11 is 0. The van der Waals surface area contributed by atoms with E-state index in [0.717, 1.165) is 61.7 Å². The lowest BCUT2D eigenvalue weighted by molar-refractivity contribution is -0.137. The van der Waals surface area contributed by atoms with Crippen molar-refractivity contribution in [3.8, 4) is 0 Å². The standard InChI is InChI=1S/C36H37N5O6/c1-7-21-17(3)24-12-26-19(5)23(10-9-11-47-16-42)33(39-26)32-34-31(35(45)41(36(32)46)15-30(43)44)20(6)27(40-34)14-29-22(8-2)18(4)25(38-29)13-28(21)37-24/h7,12-14,16,19,23,37,40H,1,8-11,15H2,2-6H3,(H,43,44)/t19-,23-/m0/s1. The summed E-state index contributed by atoms with van der Waals surface area (Å²) in [7, 11) is 0. The molecule has 0 saturated heterocycles. The first kappa shape index (κ1) is 31.7. The minimum Gasteiger partial charge on any atom is -0.480 e. The van der Waals surface area contributed by atoms with E-state index >= 15 is 0 Å². The van der Waals surface area contributed by atoms with Crippen LogP contribution in [-0.2, 0) is 14.3 Å². The predicted octanol–water partition coefficient (Wildman–Crippen LogP) is 6.44. The molecule has 3 aromatic rings. The predicted molar refractivity (Wildman–Crippen MR) is 179 cm³/mol. The molecule has 3 aliphatic rings. The first-order valence-corrected chi connectivity index (χ1v) is 15.7. The number of carbonyl (C=O) groups excluding carboxylic acids is 3. The number of aromatic nitrogens is 4. The molecule has 3 aromatic heterocycles. The number of hydrogen-bond acceptors (Lipinski definition) is 7. The van der Waals surface area contributed by atoms with Gasteiger partial charge in [0.25, 0.3) is 18.3 Å². The molecular formula is C36H37N5O6. The van der Waals surface area contributed by atoms with Gasteiger partial charge in [0.1, 0.15) is 6.54 Å². The molecule has 0 aliphatic carbocycles. The fourth-order valence-corrected chi connectivity index (χ4v) is 7.12. The lowest BCUT2D eigenvalue weighted by Gasteiger charge is -2.25. The van der Waals surface area contributed by atoms with E-state index in [1.807, 2.05) is 45.0 Å². The van der Waals surface area contributed by atoms with E-state index in [0.29, 0.717) is 41.6 Å². The van der Waals surface area contributed by atoms with Gasteiger partial charge in [-0.3, -0.25) is 29.1 Å². The zero-order valence-corrected chi connectivity index (χ0v) is 27.1. The number of ether oxygens (including phenoxy) is 1. The summed E-state index contributed by atoms with van der Waals surface area (Å²) < 4.78 is 4.97. The summed E-state index contributed by atoms with van der Waals surface area (Å²) in [6.45, 7) is 13.8. The Morgan fingerprint density at radius 2 is 1.72 bits per heavy atom. The molecule has 242 valence electrons. The van der Waals surface area contributed by atoms with Crippen molar-refractivity contribution in [3.05, 3.63) is 75.4 Å². The van der Waals surface area contributed by atoms with Gasteiger partial charge in [0.05, 0.1) is 40.3 Å². The van der Waals surface area contributed by atoms with Crippen LogP contribution in [0.1, 0.15) is 112 Å². The van der Waals surface area contributed by atoms with Crippen LogP contribution in [0, 0.1) is 13.8 Å². The van der Waals surface area contributed by atoms with Gasteiger partial charge in [-0.25, -0.2) is 4.98 Å². The Labute approximate surface area is 271 Å². The molecule has 6 heterocycles. The van der Waals surface area contributed by atoms with E-state index in [4.69, 9.17) is 14.7 Å². The first-order valence-electron chi connectivity index (χ1n) is 15.7. The zero-order valence-electron chi connectivity index (χ0n) is 27.1. The van der Waals surface area contributed by atoms with Crippen LogP contribution in [0.25, 0.3) is 39.3 Å². The fourth-order valence-electron chi connectivity index (χ4n) is 7.12. The number of H-pyrrole nitrogens is 2. The first-order chi connectivity index (χ1) is 22.5. The van der Waals surface area contributed by atoms with Crippen molar-refractivity contribution in [1.29, 1.82) is 0 Å². The number of fused-ring (bicyclic) bond motifs is 8. The molecule has 2 atom stereocenters. The molecule has 11 heteroatoms. The summed E-state index contributed by atoms with van der Waals surface area (Å²) in [5.74, 6) is -3.15. The lowest BCUT2D eigenvalue weighted by Crippen LogP contribution is -2.43. The Balaban J connectivity index is 1.79. The monoisotopic (exact) mass is 635 g/mol. The Morgan fingerprint density at radius 3 is 2.40 bits per heavy atom. The number of rotatable bonds is 9. The number of allylic oxidation sites excluding steroid dienone is 2. The number of hydrogen-bond donors (Lipinski definition) is 3. The number of aryl methyl sites for hydroxylation is 2. The summed E-state index contributed by atoms with van der Waals surface area (Å²) in [5.41, 5.74) is 10.3. The third-order valence-electron chi connectivity index (χ3n) is 9.69. The number of carbonyl (C=O) groups is 4. The topological polar surface area (TPSA) is 158 Å². The smallest absolute Gasteiger partial charge is 0.323 e. The Bertz CT molecular complexity index is 2080. The SMILES string of the molecule is C=Cc1c(C)c2cc3nc(c4c5[nH]c(cc6nc(cc1[nH]2)C(C)=C6CC)c(C)c5C(=O)N(CC(=O)O)C4=O)[C@@H](CCCOC=O)[C@@H]3C. The van der Waals surface area contributed by atoms with Crippen molar-refractivity contribution in [3.63, 3.8) is 0 Å². The molecule has 3 N–H and O–H groups in total. The van der Waals surface area contributed by atoms with E-state index in [2.05, 4.69) is 23.5 Å². The normalized spacial score (nSPS) is 17.3. The van der Waals surface area contributed by atoms with Gasteiger partial charge in [-0.1, -0.05) is 26.5 Å². The van der Waals surface area contributed by atoms with Crippen LogP contribution in [-0.4, -0.2) is 67.3 Å². The molecule has 0 unspecified atom stereocenters. The van der Waals surface area contributed by atoms with Crippen LogP contribution in [0.15, 0.2) is 24.8 Å². The van der Waals surface area contributed by atoms with Crippen molar-refractivity contribution in [2.24, 2.45) is 0 Å². The van der Waals surface area contributed by atoms with Crippen molar-refractivity contribution < 1.29 is 29.0 Å². The summed E-state index contributed by atoms with van der Waals surface area (Å²) in [5, 5.41) is 9.70. The highest BCUT2D eigenvalue weighted by molar-refractivity contribution is 6.24. The zero-order chi connectivity index (χ0) is 33.7. The van der Waals surface area contributed by atoms with Crippen LogP contribution in [0.2, 0.25) is 0 Å². The second-order valence-corrected chi connectivity index (χ2v) is 12.3. The van der Waals surface area contributed by atoms with Crippen LogP contribution in [0.5, 0.6) is 0 Å². The number of aromatic amines is 2. The van der Waals surface area contributed by atoms with Crippen molar-refractivity contribution in [1.82, 2.24) is 24.8 Å². The number of imide groups is 1. The average Bonchev–Trinajstić information content (AvgIpc) is 3.71. The highest BCUT2D eigenvalue weighted by atomic mass is 16.5. The van der Waals surface area contributed by atoms with E-state index in [9.17, 15) is 24.3 Å². The van der Waals surface area contributed by atoms with Crippen LogP contribution in [0.4, 0.5) is 0 Å². The molecule has 0 aromatic carbocycles. The molecule has 2 amide bonds. The Kier molecular flexibility index (Phi) is 8.17. The number of nitrogens with zero attached hydrogens (tertiary/aromatic N) is 3. The van der Waals surface area contributed by atoms with Crippen LogP contribution >= 0.6 is 0 Å². The van der Waals surface area contributed by atoms with Gasteiger partial charge in [-0.2, -0.15) is 0 Å². The molecule has 47 heavy (non-hydrogen) atoms. The third kappa shape index (κ3) is 5.15. The number of carboxylic acids is 1. The second-order valence-electron chi connectivity index (χ2n) is 12.3. The quantitative estimate of drug-likeness (QED) is 0.138. The van der Waals surface area contributed by atoms with Gasteiger partial charge in [-0.05, 0) is 80.5 Å². The van der Waals surface area contributed by atoms with Crippen LogP contribution in [0.3, 0.4) is 0 Å². The van der Waals surface area contributed by atoms with Gasteiger partial charge in [0, 0.05) is 39.6 Å². The maximum Gasteiger partial charge on any atom is 0.323 e. The van der Waals surface area contributed by atoms with Gasteiger partial charge >= 0.3 is 5.97 Å². The van der Waals surface area contributed by atoms with Gasteiger partial charge < -0.3 is 19.8 Å². The number of carboxylic acid groups (broad SMARTS) is 1. The van der Waals surface area contributed by atoms with Gasteiger partial charge in [-0.15, -0.1) is 0 Å². The summed E-state index contributed by atoms with van der Waals surface area (Å²) in [6, 6.07) is 5.88. The van der Waals surface area contributed by atoms with E-state index in [-0.39, 0.29) is 29.6 Å². The summed E-state index contributed by atoms with van der Waals surface area (Å²) in [6.07, 6.45) is 3.58. The molecule has 0 fully saturated rings. The molecule has 6 rings (SSSR count). The lowest BCUT2D eigenvalue weighted by atomic mass is 9.84. The van der Waals surface area contributed by atoms with Crippen molar-refractivity contribution in [2.75, 3.05) is 13.2 Å². The molecule has 3 aliphatic heterocycles. The fraction of sp³-hybridized carbons (Fsp3) is 0.333. The Morgan fingerprint density at radius 1 is 1.02 bits per heavy atom. The van der Waals surface area contributed by atoms with Crippen molar-refractivity contribution in [2.45, 2.75) is 65.7 Å². The second kappa shape index (κ2) is 12.1. The Hall–Kier alpha value is -5.32. The highest BCUT2D eigenvalue weighted by Gasteiger charge is 2.41. The average molecular weight is 636 g/mol. The van der Waals surface area contributed by atoms with E-state index in [1.165, 1.54) is 0 Å². The maximum absolute atomic E-state index is 14.2. The van der Waals surface area contributed by atoms with Crippen molar-refractivity contribution >= 4 is 63.5 Å². The minimum atomic E-state index is -1.30. The molecule has 0 spiro atoms. The molecule has 8 bridgehead atoms. The molecule has 0 saturated carbocycles. The summed E-state index contributed by atoms with van der Waals surface area (Å²) in [4.78, 5) is 68.6. The van der Waals surface area contributed by atoms with E-state index in [1.54, 1.807) is 6.92 Å². The number of aliphatic carboxylic acids is 1. The number of nitrogens with one attached hydrogen (secondary N) is 2.